The largest absolute Gasteiger partial charge is 0.483 e. The summed E-state index contributed by atoms with van der Waals surface area (Å²) in [6.07, 6.45) is -2.19. The number of halogens is 5. The Morgan fingerprint density at radius 3 is 2.66 bits per heavy atom. The molecule has 1 aliphatic rings. The lowest BCUT2D eigenvalue weighted by molar-refractivity contribution is -0.122. The summed E-state index contributed by atoms with van der Waals surface area (Å²) in [6.45, 7) is 0.733. The normalized spacial score (nSPS) is 15.7. The van der Waals surface area contributed by atoms with Gasteiger partial charge in [-0.15, -0.1) is 11.3 Å². The number of sulfonamides is 1. The van der Waals surface area contributed by atoms with Gasteiger partial charge in [0.25, 0.3) is 22.9 Å². The average Bonchev–Trinajstić information content (AvgIpc) is 3.53. The van der Waals surface area contributed by atoms with Crippen molar-refractivity contribution in [2.45, 2.75) is 30.3 Å². The molecule has 2 aromatic heterocycles. The molecule has 38 heavy (non-hydrogen) atoms. The molecule has 3 aromatic rings. The predicted octanol–water partition coefficient (Wildman–Crippen LogP) is 4.62. The first-order valence-corrected chi connectivity index (χ1v) is 13.6. The third-order valence-electron chi connectivity index (χ3n) is 5.67. The number of anilines is 2. The molecule has 1 aliphatic heterocycles. The Balaban J connectivity index is 0.00000127. The number of thiazole rings is 1. The molecule has 0 bridgehead atoms. The van der Waals surface area contributed by atoms with Crippen molar-refractivity contribution >= 4 is 50.9 Å². The second-order valence-corrected chi connectivity index (χ2v) is 10.8. The van der Waals surface area contributed by atoms with Gasteiger partial charge >= 0.3 is 0 Å². The number of nitrogens with one attached hydrogen (secondary N) is 1. The number of carboxylic acid groups (broad SMARTS) is 1. The number of benzene rings is 1. The van der Waals surface area contributed by atoms with Gasteiger partial charge in [0.05, 0.1) is 21.9 Å². The zero-order chi connectivity index (χ0) is 28.0. The third-order valence-corrected chi connectivity index (χ3v) is 7.93. The minimum Gasteiger partial charge on any atom is -0.483 e. The van der Waals surface area contributed by atoms with Gasteiger partial charge in [-0.2, -0.15) is 0 Å². The molecule has 1 unspecified atom stereocenters. The van der Waals surface area contributed by atoms with E-state index in [1.165, 1.54) is 22.2 Å². The SMILES string of the molecule is CN(c1cc(F)c(S(=O)(=O)Nc2cscn2)cc1Cl)C1CCN(Cc2nc(C(F)F)ccc2F)C1.O=CO. The quantitative estimate of drug-likeness (QED) is 0.286. The van der Waals surface area contributed by atoms with E-state index in [0.717, 1.165) is 24.3 Å². The van der Waals surface area contributed by atoms with E-state index in [1.807, 2.05) is 4.90 Å². The van der Waals surface area contributed by atoms with Gasteiger partial charge < -0.3 is 10.0 Å². The molecule has 1 aromatic carbocycles. The van der Waals surface area contributed by atoms with E-state index in [2.05, 4.69) is 14.7 Å². The monoisotopic (exact) mass is 595 g/mol. The Morgan fingerprint density at radius 1 is 1.32 bits per heavy atom. The van der Waals surface area contributed by atoms with Gasteiger partial charge in [0, 0.05) is 44.2 Å². The van der Waals surface area contributed by atoms with Crippen molar-refractivity contribution in [2.75, 3.05) is 29.8 Å². The first-order valence-electron chi connectivity index (χ1n) is 10.8. The van der Waals surface area contributed by atoms with Crippen LogP contribution in [0.25, 0.3) is 0 Å². The van der Waals surface area contributed by atoms with Gasteiger partial charge in [-0.05, 0) is 24.6 Å². The highest BCUT2D eigenvalue weighted by molar-refractivity contribution is 7.92. The molecule has 1 fully saturated rings. The average molecular weight is 596 g/mol. The molecule has 16 heteroatoms. The van der Waals surface area contributed by atoms with Crippen LogP contribution in [0.1, 0.15) is 24.2 Å². The fraction of sp³-hybridized carbons (Fsp3) is 0.318. The number of pyridine rings is 1. The third kappa shape index (κ3) is 7.09. The second kappa shape index (κ2) is 12.7. The molecule has 3 heterocycles. The molecule has 206 valence electrons. The molecule has 4 rings (SSSR count). The maximum atomic E-state index is 14.9. The van der Waals surface area contributed by atoms with Crippen molar-refractivity contribution in [2.24, 2.45) is 0 Å². The minimum absolute atomic E-state index is 0.0309. The van der Waals surface area contributed by atoms with Crippen LogP contribution in [0.5, 0.6) is 0 Å². The molecular formula is C22H22ClF4N5O4S2. The number of likely N-dealkylation sites (tertiary alicyclic amines) is 1. The Bertz CT molecular complexity index is 1370. The van der Waals surface area contributed by atoms with Crippen LogP contribution in [0.3, 0.4) is 0 Å². The zero-order valence-electron chi connectivity index (χ0n) is 19.7. The Hall–Kier alpha value is -3.01. The van der Waals surface area contributed by atoms with Gasteiger partial charge in [0.15, 0.2) is 5.82 Å². The second-order valence-electron chi connectivity index (χ2n) is 8.07. The van der Waals surface area contributed by atoms with Gasteiger partial charge in [0.1, 0.15) is 22.2 Å². The Kier molecular flexibility index (Phi) is 9.87. The number of carbonyl (C=O) groups is 1. The maximum absolute atomic E-state index is 14.9. The molecule has 0 aliphatic carbocycles. The first-order chi connectivity index (χ1) is 18.0. The van der Waals surface area contributed by atoms with Gasteiger partial charge in [-0.1, -0.05) is 11.6 Å². The zero-order valence-corrected chi connectivity index (χ0v) is 22.1. The number of aromatic nitrogens is 2. The predicted molar refractivity (Wildman–Crippen MR) is 134 cm³/mol. The summed E-state index contributed by atoms with van der Waals surface area (Å²) in [5.41, 5.74) is 1.16. The summed E-state index contributed by atoms with van der Waals surface area (Å²) >= 11 is 7.52. The van der Waals surface area contributed by atoms with Crippen LogP contribution in [0.4, 0.5) is 29.1 Å². The van der Waals surface area contributed by atoms with E-state index in [0.29, 0.717) is 19.5 Å². The minimum atomic E-state index is -4.24. The molecular weight excluding hydrogens is 574 g/mol. The maximum Gasteiger partial charge on any atom is 0.290 e. The highest BCUT2D eigenvalue weighted by Gasteiger charge is 2.30. The van der Waals surface area contributed by atoms with E-state index in [9.17, 15) is 26.0 Å². The van der Waals surface area contributed by atoms with Crippen LogP contribution >= 0.6 is 22.9 Å². The lowest BCUT2D eigenvalue weighted by Gasteiger charge is -2.28. The Morgan fingerprint density at radius 2 is 2.03 bits per heavy atom. The van der Waals surface area contributed by atoms with Crippen LogP contribution < -0.4 is 9.62 Å². The van der Waals surface area contributed by atoms with Gasteiger partial charge in [-0.3, -0.25) is 14.4 Å². The van der Waals surface area contributed by atoms with Crippen LogP contribution in [0, 0.1) is 11.6 Å². The van der Waals surface area contributed by atoms with E-state index in [-0.39, 0.29) is 41.3 Å². The van der Waals surface area contributed by atoms with Crippen molar-refractivity contribution in [3.8, 4) is 0 Å². The lowest BCUT2D eigenvalue weighted by atomic mass is 10.2. The molecule has 0 spiro atoms. The fourth-order valence-electron chi connectivity index (χ4n) is 3.86. The highest BCUT2D eigenvalue weighted by atomic mass is 35.5. The topological polar surface area (TPSA) is 116 Å². The van der Waals surface area contributed by atoms with Gasteiger partial charge in [0.2, 0.25) is 0 Å². The number of alkyl halides is 2. The first kappa shape index (κ1) is 29.5. The standard InChI is InChI=1S/C21H20ClF4N5O2S2.CH2O2/c1-30(12-4-5-31(8-12)9-17-14(23)2-3-16(28-17)21(25)26)18-7-15(24)19(6-13(18)22)35(32,33)29-20-10-34-11-27-20;2-1-3/h2-3,6-7,10-12,21,29H,4-5,8-9H2,1H3;1H,(H,2,3). The number of nitrogens with zero attached hydrogens (tertiary/aromatic N) is 4. The van der Waals surface area contributed by atoms with E-state index < -0.39 is 38.7 Å². The van der Waals surface area contributed by atoms with Crippen molar-refractivity contribution in [3.05, 3.63) is 63.2 Å². The van der Waals surface area contributed by atoms with Crippen molar-refractivity contribution in [3.63, 3.8) is 0 Å². The van der Waals surface area contributed by atoms with Crippen LogP contribution in [-0.2, 0) is 21.4 Å². The number of rotatable bonds is 8. The van der Waals surface area contributed by atoms with Crippen LogP contribution in [-0.4, -0.2) is 61.0 Å². The van der Waals surface area contributed by atoms with Crippen LogP contribution in [0.2, 0.25) is 5.02 Å². The molecule has 1 saturated heterocycles. The number of hydrogen-bond donors (Lipinski definition) is 2. The van der Waals surface area contributed by atoms with Crippen LogP contribution in [0.15, 0.2) is 40.1 Å². The molecule has 2 N–H and O–H groups in total. The summed E-state index contributed by atoms with van der Waals surface area (Å²) in [4.78, 5) is 18.9. The molecule has 0 amide bonds. The van der Waals surface area contributed by atoms with Crippen molar-refractivity contribution in [1.29, 1.82) is 0 Å². The number of hydrogen-bond acceptors (Lipinski definition) is 8. The summed E-state index contributed by atoms with van der Waals surface area (Å²) in [6, 6.07) is 3.86. The van der Waals surface area contributed by atoms with Gasteiger partial charge in [-0.25, -0.2) is 35.9 Å². The molecule has 0 saturated carbocycles. The molecule has 0 radical (unpaired) electrons. The summed E-state index contributed by atoms with van der Waals surface area (Å²) < 4.78 is 82.2. The summed E-state index contributed by atoms with van der Waals surface area (Å²) in [7, 11) is -2.56. The van der Waals surface area contributed by atoms with Crippen molar-refractivity contribution < 1.29 is 35.9 Å². The fourth-order valence-corrected chi connectivity index (χ4v) is 5.87. The summed E-state index contributed by atoms with van der Waals surface area (Å²) in [5.74, 6) is -1.58. The van der Waals surface area contributed by atoms with E-state index in [1.54, 1.807) is 11.9 Å². The summed E-state index contributed by atoms with van der Waals surface area (Å²) in [5, 5.41) is 8.39. The lowest BCUT2D eigenvalue weighted by Crippen LogP contribution is -2.35. The van der Waals surface area contributed by atoms with Crippen molar-refractivity contribution in [1.82, 2.24) is 14.9 Å². The van der Waals surface area contributed by atoms with E-state index in [4.69, 9.17) is 21.5 Å². The highest BCUT2D eigenvalue weighted by Crippen LogP contribution is 2.34. The molecule has 9 nitrogen and oxygen atoms in total. The Labute approximate surface area is 224 Å². The molecule has 1 atom stereocenters. The number of likely N-dealkylation sites (N-methyl/N-ethyl adjacent to an activating group) is 1. The van der Waals surface area contributed by atoms with E-state index >= 15 is 0 Å². The smallest absolute Gasteiger partial charge is 0.290 e.